The maximum absolute atomic E-state index is 5.77. The molecule has 0 atom stereocenters. The number of aromatic nitrogens is 2. The van der Waals surface area contributed by atoms with Crippen LogP contribution < -0.4 is 0 Å². The molecule has 0 aliphatic rings. The van der Waals surface area contributed by atoms with Crippen LogP contribution in [-0.2, 0) is 0 Å². The van der Waals surface area contributed by atoms with Crippen molar-refractivity contribution >= 4 is 17.1 Å². The summed E-state index contributed by atoms with van der Waals surface area (Å²) in [6, 6.07) is 5.82. The Kier molecular flexibility index (Phi) is 1.36. The quantitative estimate of drug-likeness (QED) is 0.587. The lowest BCUT2D eigenvalue weighted by molar-refractivity contribution is 0.934. The maximum Gasteiger partial charge on any atom is 0.0665 e. The Hall–Kier alpha value is -1.02. The Balaban J connectivity index is 2.82. The second-order valence-electron chi connectivity index (χ2n) is 2.50. The predicted octanol–water partition coefficient (Wildman–Crippen LogP) is 2.30. The first-order valence-electron chi connectivity index (χ1n) is 3.37. The molecule has 0 amide bonds. The average Bonchev–Trinajstić information content (AvgIpc) is 2.27. The van der Waals surface area contributed by atoms with E-state index < -0.39 is 0 Å². The van der Waals surface area contributed by atoms with Gasteiger partial charge in [-0.1, -0.05) is 11.6 Å². The van der Waals surface area contributed by atoms with Gasteiger partial charge in [-0.05, 0) is 25.1 Å². The molecule has 2 aromatic rings. The van der Waals surface area contributed by atoms with Gasteiger partial charge in [-0.3, -0.25) is 0 Å². The number of aryl methyl sites for hydroxylation is 1. The number of hydrogen-bond donors (Lipinski definition) is 0. The first-order chi connectivity index (χ1) is 5.25. The lowest BCUT2D eigenvalue weighted by atomic mass is 10.4. The first-order valence-corrected chi connectivity index (χ1v) is 3.75. The molecule has 2 heterocycles. The average molecular weight is 167 g/mol. The molecular formula is C8H7ClN2. The minimum Gasteiger partial charge on any atom is -0.239 e. The highest BCUT2D eigenvalue weighted by atomic mass is 35.5. The zero-order chi connectivity index (χ0) is 7.84. The summed E-state index contributed by atoms with van der Waals surface area (Å²) in [7, 11) is 0. The summed E-state index contributed by atoms with van der Waals surface area (Å²) in [6.07, 6.45) is 1.80. The molecule has 3 heteroatoms. The molecule has 56 valence electrons. The van der Waals surface area contributed by atoms with Crippen molar-refractivity contribution in [2.75, 3.05) is 0 Å². The summed E-state index contributed by atoms with van der Waals surface area (Å²) in [5.41, 5.74) is 2.08. The Morgan fingerprint density at radius 1 is 1.45 bits per heavy atom. The van der Waals surface area contributed by atoms with Gasteiger partial charge in [0.05, 0.1) is 16.2 Å². The molecule has 0 radical (unpaired) electrons. The number of hydrogen-bond acceptors (Lipinski definition) is 1. The SMILES string of the molecule is Cc1cc2ccc(Cl)cn2n1. The highest BCUT2D eigenvalue weighted by molar-refractivity contribution is 6.30. The molecule has 2 rings (SSSR count). The molecule has 0 unspecified atom stereocenters. The molecule has 11 heavy (non-hydrogen) atoms. The van der Waals surface area contributed by atoms with Crippen LogP contribution in [0.4, 0.5) is 0 Å². The zero-order valence-electron chi connectivity index (χ0n) is 6.08. The molecule has 0 aliphatic carbocycles. The normalized spacial score (nSPS) is 10.7. The molecule has 0 saturated heterocycles. The van der Waals surface area contributed by atoms with Crippen molar-refractivity contribution in [2.45, 2.75) is 6.92 Å². The number of pyridine rings is 1. The largest absolute Gasteiger partial charge is 0.239 e. The van der Waals surface area contributed by atoms with Crippen molar-refractivity contribution in [1.29, 1.82) is 0 Å². The third-order valence-corrected chi connectivity index (χ3v) is 1.77. The van der Waals surface area contributed by atoms with E-state index in [0.717, 1.165) is 11.2 Å². The van der Waals surface area contributed by atoms with Crippen LogP contribution in [0.15, 0.2) is 24.4 Å². The zero-order valence-corrected chi connectivity index (χ0v) is 6.84. The molecular weight excluding hydrogens is 160 g/mol. The van der Waals surface area contributed by atoms with Crippen LogP contribution in [0.5, 0.6) is 0 Å². The van der Waals surface area contributed by atoms with Crippen LogP contribution >= 0.6 is 11.6 Å². The molecule has 2 nitrogen and oxygen atoms in total. The van der Waals surface area contributed by atoms with E-state index in [9.17, 15) is 0 Å². The van der Waals surface area contributed by atoms with Crippen LogP contribution in [0.3, 0.4) is 0 Å². The van der Waals surface area contributed by atoms with E-state index in [2.05, 4.69) is 5.10 Å². The van der Waals surface area contributed by atoms with Gasteiger partial charge in [0.25, 0.3) is 0 Å². The van der Waals surface area contributed by atoms with Gasteiger partial charge in [-0.2, -0.15) is 5.10 Å². The molecule has 0 saturated carbocycles. The molecule has 0 N–H and O–H groups in total. The highest BCUT2D eigenvalue weighted by Crippen LogP contribution is 2.11. The highest BCUT2D eigenvalue weighted by Gasteiger charge is 1.95. The fourth-order valence-electron chi connectivity index (χ4n) is 1.09. The van der Waals surface area contributed by atoms with Gasteiger partial charge in [-0.25, -0.2) is 4.52 Å². The minimum atomic E-state index is 0.709. The standard InChI is InChI=1S/C8H7ClN2/c1-6-4-8-3-2-7(9)5-11(8)10-6/h2-5H,1H3. The molecule has 0 aromatic carbocycles. The van der Waals surface area contributed by atoms with Crippen molar-refractivity contribution in [3.8, 4) is 0 Å². The van der Waals surface area contributed by atoms with Gasteiger partial charge in [0.2, 0.25) is 0 Å². The van der Waals surface area contributed by atoms with E-state index in [0.29, 0.717) is 5.02 Å². The van der Waals surface area contributed by atoms with E-state index in [-0.39, 0.29) is 0 Å². The Bertz CT molecular complexity index is 392. The minimum absolute atomic E-state index is 0.709. The van der Waals surface area contributed by atoms with E-state index in [4.69, 9.17) is 11.6 Å². The van der Waals surface area contributed by atoms with Crippen LogP contribution in [0.25, 0.3) is 5.52 Å². The third kappa shape index (κ3) is 1.10. The van der Waals surface area contributed by atoms with Gasteiger partial charge < -0.3 is 0 Å². The monoisotopic (exact) mass is 166 g/mol. The Morgan fingerprint density at radius 3 is 3.09 bits per heavy atom. The van der Waals surface area contributed by atoms with Crippen molar-refractivity contribution in [1.82, 2.24) is 9.61 Å². The van der Waals surface area contributed by atoms with Crippen molar-refractivity contribution in [3.63, 3.8) is 0 Å². The summed E-state index contributed by atoms with van der Waals surface area (Å²) in [6.45, 7) is 1.96. The lowest BCUT2D eigenvalue weighted by Gasteiger charge is -1.91. The van der Waals surface area contributed by atoms with Gasteiger partial charge in [0.15, 0.2) is 0 Å². The topological polar surface area (TPSA) is 17.3 Å². The Labute approximate surface area is 69.4 Å². The third-order valence-electron chi connectivity index (χ3n) is 1.55. The summed E-state index contributed by atoms with van der Waals surface area (Å²) < 4.78 is 1.78. The van der Waals surface area contributed by atoms with Crippen LogP contribution in [0.2, 0.25) is 5.02 Å². The second-order valence-corrected chi connectivity index (χ2v) is 2.94. The number of rotatable bonds is 0. The van der Waals surface area contributed by atoms with Crippen LogP contribution in [0.1, 0.15) is 5.69 Å². The van der Waals surface area contributed by atoms with Crippen molar-refractivity contribution < 1.29 is 0 Å². The molecule has 0 bridgehead atoms. The summed E-state index contributed by atoms with van der Waals surface area (Å²) in [4.78, 5) is 0. The fourth-order valence-corrected chi connectivity index (χ4v) is 1.24. The van der Waals surface area contributed by atoms with Crippen molar-refractivity contribution in [2.24, 2.45) is 0 Å². The smallest absolute Gasteiger partial charge is 0.0665 e. The van der Waals surface area contributed by atoms with Gasteiger partial charge in [0, 0.05) is 6.20 Å². The van der Waals surface area contributed by atoms with Crippen LogP contribution in [-0.4, -0.2) is 9.61 Å². The molecule has 2 aromatic heterocycles. The molecule has 0 fully saturated rings. The second kappa shape index (κ2) is 2.24. The maximum atomic E-state index is 5.77. The van der Waals surface area contributed by atoms with Gasteiger partial charge >= 0.3 is 0 Å². The van der Waals surface area contributed by atoms with Crippen molar-refractivity contribution in [3.05, 3.63) is 35.1 Å². The number of fused-ring (bicyclic) bond motifs is 1. The predicted molar refractivity (Wildman–Crippen MR) is 44.9 cm³/mol. The summed E-state index contributed by atoms with van der Waals surface area (Å²) in [5.74, 6) is 0. The van der Waals surface area contributed by atoms with Gasteiger partial charge in [-0.15, -0.1) is 0 Å². The number of halogens is 1. The van der Waals surface area contributed by atoms with E-state index >= 15 is 0 Å². The fraction of sp³-hybridized carbons (Fsp3) is 0.125. The lowest BCUT2D eigenvalue weighted by Crippen LogP contribution is -1.84. The van der Waals surface area contributed by atoms with E-state index in [1.807, 2.05) is 25.1 Å². The molecule has 0 spiro atoms. The van der Waals surface area contributed by atoms with Gasteiger partial charge in [0.1, 0.15) is 0 Å². The number of nitrogens with zero attached hydrogens (tertiary/aromatic N) is 2. The Morgan fingerprint density at radius 2 is 2.27 bits per heavy atom. The molecule has 0 aliphatic heterocycles. The van der Waals surface area contributed by atoms with Crippen LogP contribution in [0, 0.1) is 6.92 Å². The van der Waals surface area contributed by atoms with E-state index in [1.54, 1.807) is 10.7 Å². The summed E-state index contributed by atoms with van der Waals surface area (Å²) in [5, 5.41) is 4.92. The summed E-state index contributed by atoms with van der Waals surface area (Å²) >= 11 is 5.77. The van der Waals surface area contributed by atoms with E-state index in [1.165, 1.54) is 0 Å². The first kappa shape index (κ1) is 6.68.